The van der Waals surface area contributed by atoms with Gasteiger partial charge in [0, 0.05) is 37.7 Å². The van der Waals surface area contributed by atoms with Crippen molar-refractivity contribution in [2.45, 2.75) is 12.6 Å². The number of methoxy groups -OCH3 is 1. The first-order chi connectivity index (χ1) is 12.4. The van der Waals surface area contributed by atoms with Crippen LogP contribution in [0.25, 0.3) is 10.6 Å². The molecule has 5 nitrogen and oxygen atoms in total. The smallest absolute Gasteiger partial charge is 0.383 e. The van der Waals surface area contributed by atoms with Gasteiger partial charge in [0.15, 0.2) is 0 Å². The molecule has 1 amide bonds. The number of rotatable bonds is 9. The van der Waals surface area contributed by atoms with E-state index in [4.69, 9.17) is 4.74 Å². The summed E-state index contributed by atoms with van der Waals surface area (Å²) >= 11 is 1.22. The topological polar surface area (TPSA) is 63.2 Å². The van der Waals surface area contributed by atoms with E-state index in [1.54, 1.807) is 18.6 Å². The summed E-state index contributed by atoms with van der Waals surface area (Å²) in [5.41, 5.74) is 0.205. The number of benzene rings is 1. The Kier molecular flexibility index (Phi) is 12.3. The van der Waals surface area contributed by atoms with E-state index in [1.807, 2.05) is 0 Å². The molecule has 1 heterocycles. The molecule has 0 aliphatic heterocycles. The number of carbonyl (C=O) groups is 1. The van der Waals surface area contributed by atoms with Crippen molar-refractivity contribution in [1.82, 2.24) is 15.6 Å². The van der Waals surface area contributed by atoms with Crippen LogP contribution >= 0.6 is 36.2 Å². The van der Waals surface area contributed by atoms with Crippen molar-refractivity contribution in [2.75, 3.05) is 33.4 Å². The van der Waals surface area contributed by atoms with Gasteiger partial charge in [0.2, 0.25) is 5.91 Å². The Morgan fingerprint density at radius 1 is 1.21 bits per heavy atom. The molecule has 0 saturated carbocycles. The van der Waals surface area contributed by atoms with Gasteiger partial charge < -0.3 is 15.4 Å². The molecule has 0 saturated heterocycles. The zero-order chi connectivity index (χ0) is 19.0. The molecule has 0 atom stereocenters. The highest BCUT2D eigenvalue weighted by atomic mass is 35.5. The molecule has 28 heavy (non-hydrogen) atoms. The highest BCUT2D eigenvalue weighted by Gasteiger charge is 2.30. The molecule has 2 rings (SSSR count). The summed E-state index contributed by atoms with van der Waals surface area (Å²) in [5.74, 6) is -0.181. The number of nitrogens with one attached hydrogen (secondary N) is 2. The van der Waals surface area contributed by atoms with E-state index in [-0.39, 0.29) is 37.1 Å². The van der Waals surface area contributed by atoms with Crippen molar-refractivity contribution < 1.29 is 22.7 Å². The fraction of sp³-hybridized carbons (Fsp3) is 0.412. The number of alkyl halides is 3. The molecule has 2 N–H and O–H groups in total. The molecule has 11 heteroatoms. The van der Waals surface area contributed by atoms with E-state index in [1.165, 1.54) is 17.4 Å². The van der Waals surface area contributed by atoms with Gasteiger partial charge in [-0.15, -0.1) is 36.2 Å². The number of halogens is 5. The monoisotopic (exact) mass is 459 g/mol. The van der Waals surface area contributed by atoms with Crippen LogP contribution in [0.5, 0.6) is 0 Å². The summed E-state index contributed by atoms with van der Waals surface area (Å²) in [7, 11) is 1.62. The number of hydrogen-bond acceptors (Lipinski definition) is 5. The molecule has 2 aromatic rings. The van der Waals surface area contributed by atoms with E-state index in [9.17, 15) is 18.0 Å². The minimum atomic E-state index is -4.40. The Labute approximate surface area is 177 Å². The molecular weight excluding hydrogens is 438 g/mol. The van der Waals surface area contributed by atoms with E-state index in [0.717, 1.165) is 12.1 Å². The zero-order valence-corrected chi connectivity index (χ0v) is 17.5. The predicted octanol–water partition coefficient (Wildman–Crippen LogP) is 3.57. The van der Waals surface area contributed by atoms with E-state index >= 15 is 0 Å². The van der Waals surface area contributed by atoms with Gasteiger partial charge in [0.05, 0.1) is 24.3 Å². The molecule has 1 aromatic heterocycles. The third-order valence-corrected chi connectivity index (χ3v) is 4.38. The van der Waals surface area contributed by atoms with Gasteiger partial charge in [-0.25, -0.2) is 4.98 Å². The summed E-state index contributed by atoms with van der Waals surface area (Å²) in [6.07, 6.45) is -4.30. The quantitative estimate of drug-likeness (QED) is 0.562. The SMILES string of the molecule is COCCNCCNC(=O)Cc1csc(-c2cccc(C(F)(F)F)c2)n1.Cl.Cl. The number of amides is 1. The van der Waals surface area contributed by atoms with Crippen molar-refractivity contribution in [3.8, 4) is 10.6 Å². The molecule has 0 aliphatic rings. The zero-order valence-electron chi connectivity index (χ0n) is 15.0. The lowest BCUT2D eigenvalue weighted by Gasteiger charge is -2.07. The lowest BCUT2D eigenvalue weighted by atomic mass is 10.1. The maximum atomic E-state index is 12.8. The normalized spacial score (nSPS) is 10.7. The third kappa shape index (κ3) is 8.74. The van der Waals surface area contributed by atoms with Crippen molar-refractivity contribution in [2.24, 2.45) is 0 Å². The number of ether oxygens (including phenoxy) is 1. The second-order valence-corrected chi connectivity index (χ2v) is 6.35. The van der Waals surface area contributed by atoms with Crippen LogP contribution < -0.4 is 10.6 Å². The van der Waals surface area contributed by atoms with Gasteiger partial charge in [-0.05, 0) is 12.1 Å². The summed E-state index contributed by atoms with van der Waals surface area (Å²) in [5, 5.41) is 8.01. The van der Waals surface area contributed by atoms with Crippen molar-refractivity contribution in [1.29, 1.82) is 0 Å². The molecule has 1 aromatic carbocycles. The highest BCUT2D eigenvalue weighted by molar-refractivity contribution is 7.13. The summed E-state index contributed by atoms with van der Waals surface area (Å²) in [6.45, 7) is 2.42. The maximum absolute atomic E-state index is 12.8. The predicted molar refractivity (Wildman–Crippen MR) is 109 cm³/mol. The van der Waals surface area contributed by atoms with Gasteiger partial charge >= 0.3 is 6.18 Å². The fourth-order valence-corrected chi connectivity index (χ4v) is 2.98. The van der Waals surface area contributed by atoms with Crippen LogP contribution in [0, 0.1) is 0 Å². The average Bonchev–Trinajstić information content (AvgIpc) is 3.06. The van der Waals surface area contributed by atoms with Gasteiger partial charge in [-0.1, -0.05) is 12.1 Å². The second-order valence-electron chi connectivity index (χ2n) is 5.49. The van der Waals surface area contributed by atoms with E-state index < -0.39 is 11.7 Å². The Morgan fingerprint density at radius 2 is 1.96 bits per heavy atom. The standard InChI is InChI=1S/C17H20F3N3O2S.2ClH/c1-25-8-7-21-5-6-22-15(24)10-14-11-26-16(23-14)12-3-2-4-13(9-12)17(18,19)20;;/h2-4,9,11,21H,5-8,10H2,1H3,(H,22,24);2*1H. The summed E-state index contributed by atoms with van der Waals surface area (Å²) in [4.78, 5) is 16.2. The van der Waals surface area contributed by atoms with Crippen LogP contribution in [-0.4, -0.2) is 44.2 Å². The number of hydrogen-bond donors (Lipinski definition) is 2. The van der Waals surface area contributed by atoms with Crippen LogP contribution in [0.4, 0.5) is 13.2 Å². The minimum absolute atomic E-state index is 0. The van der Waals surface area contributed by atoms with E-state index in [2.05, 4.69) is 15.6 Å². The van der Waals surface area contributed by atoms with Crippen LogP contribution in [-0.2, 0) is 22.1 Å². The van der Waals surface area contributed by atoms with E-state index in [0.29, 0.717) is 42.5 Å². The molecule has 0 unspecified atom stereocenters. The first-order valence-electron chi connectivity index (χ1n) is 7.98. The largest absolute Gasteiger partial charge is 0.416 e. The van der Waals surface area contributed by atoms with Gasteiger partial charge in [-0.2, -0.15) is 13.2 Å². The van der Waals surface area contributed by atoms with Crippen molar-refractivity contribution in [3.05, 3.63) is 40.9 Å². The number of nitrogens with zero attached hydrogens (tertiary/aromatic N) is 1. The Balaban J connectivity index is 0.00000364. The Bertz CT molecular complexity index is 730. The molecule has 158 valence electrons. The minimum Gasteiger partial charge on any atom is -0.383 e. The summed E-state index contributed by atoms with van der Waals surface area (Å²) < 4.78 is 43.3. The third-order valence-electron chi connectivity index (χ3n) is 3.44. The van der Waals surface area contributed by atoms with Gasteiger partial charge in [-0.3, -0.25) is 4.79 Å². The average molecular weight is 460 g/mol. The van der Waals surface area contributed by atoms with Crippen molar-refractivity contribution in [3.63, 3.8) is 0 Å². The fourth-order valence-electron chi connectivity index (χ4n) is 2.17. The molecule has 0 spiro atoms. The van der Waals surface area contributed by atoms with Crippen LogP contribution in [0.1, 0.15) is 11.3 Å². The Hall–Kier alpha value is -1.39. The highest BCUT2D eigenvalue weighted by Crippen LogP contribution is 2.33. The lowest BCUT2D eigenvalue weighted by Crippen LogP contribution is -2.33. The molecule has 0 aliphatic carbocycles. The van der Waals surface area contributed by atoms with Crippen molar-refractivity contribution >= 4 is 42.1 Å². The van der Waals surface area contributed by atoms with Crippen LogP contribution in [0.15, 0.2) is 29.6 Å². The number of thiazole rings is 1. The molecule has 0 bridgehead atoms. The van der Waals surface area contributed by atoms with Crippen LogP contribution in [0.3, 0.4) is 0 Å². The number of carbonyl (C=O) groups excluding carboxylic acids is 1. The van der Waals surface area contributed by atoms with Gasteiger partial charge in [0.1, 0.15) is 5.01 Å². The molecule has 0 fully saturated rings. The number of aromatic nitrogens is 1. The molecular formula is C17H22Cl2F3N3O2S. The van der Waals surface area contributed by atoms with Gasteiger partial charge in [0.25, 0.3) is 0 Å². The first-order valence-corrected chi connectivity index (χ1v) is 8.86. The Morgan fingerprint density at radius 3 is 2.64 bits per heavy atom. The first kappa shape index (κ1) is 26.6. The summed E-state index contributed by atoms with van der Waals surface area (Å²) in [6, 6.07) is 5.01. The molecule has 0 radical (unpaired) electrons. The second kappa shape index (κ2) is 12.9. The maximum Gasteiger partial charge on any atom is 0.416 e. The lowest BCUT2D eigenvalue weighted by molar-refractivity contribution is -0.137. The van der Waals surface area contributed by atoms with Crippen LogP contribution in [0.2, 0.25) is 0 Å².